The predicted octanol–water partition coefficient (Wildman–Crippen LogP) is 2.30. The van der Waals surface area contributed by atoms with Crippen molar-refractivity contribution < 1.29 is 9.18 Å². The smallest absolute Gasteiger partial charge is 0.222 e. The summed E-state index contributed by atoms with van der Waals surface area (Å²) in [5.74, 6) is -0.203. The van der Waals surface area contributed by atoms with Gasteiger partial charge in [-0.2, -0.15) is 0 Å². The summed E-state index contributed by atoms with van der Waals surface area (Å²) in [5.41, 5.74) is 6.45. The first-order valence-electron chi connectivity index (χ1n) is 6.30. The van der Waals surface area contributed by atoms with Crippen molar-refractivity contribution in [3.63, 3.8) is 0 Å². The lowest BCUT2D eigenvalue weighted by atomic mass is 10.1. The fourth-order valence-corrected chi connectivity index (χ4v) is 1.74. The predicted molar refractivity (Wildman–Crippen MR) is 70.4 cm³/mol. The molecule has 0 radical (unpaired) electrons. The normalized spacial score (nSPS) is 12.2. The van der Waals surface area contributed by atoms with Crippen LogP contribution in [0, 0.1) is 5.82 Å². The van der Waals surface area contributed by atoms with Crippen molar-refractivity contribution in [2.75, 3.05) is 6.54 Å². The van der Waals surface area contributed by atoms with Gasteiger partial charge in [0.1, 0.15) is 5.82 Å². The van der Waals surface area contributed by atoms with Crippen LogP contribution in [0.2, 0.25) is 0 Å². The van der Waals surface area contributed by atoms with Crippen LogP contribution in [0.15, 0.2) is 24.3 Å². The van der Waals surface area contributed by atoms with Crippen molar-refractivity contribution in [3.8, 4) is 0 Å². The first-order valence-corrected chi connectivity index (χ1v) is 6.30. The average Bonchev–Trinajstić information content (AvgIpc) is 2.33. The van der Waals surface area contributed by atoms with Crippen molar-refractivity contribution in [3.05, 3.63) is 35.6 Å². The third-order valence-corrected chi connectivity index (χ3v) is 2.81. The van der Waals surface area contributed by atoms with Crippen LogP contribution in [0.25, 0.3) is 0 Å². The molecule has 1 amide bonds. The Morgan fingerprint density at radius 1 is 1.50 bits per heavy atom. The summed E-state index contributed by atoms with van der Waals surface area (Å²) in [4.78, 5) is 13.7. The van der Waals surface area contributed by atoms with Gasteiger partial charge < -0.3 is 10.6 Å². The van der Waals surface area contributed by atoms with Gasteiger partial charge in [0.25, 0.3) is 0 Å². The number of carbonyl (C=O) groups is 1. The topological polar surface area (TPSA) is 46.3 Å². The second kappa shape index (κ2) is 7.11. The second-order valence-corrected chi connectivity index (χ2v) is 4.55. The van der Waals surface area contributed by atoms with E-state index in [4.69, 9.17) is 5.73 Å². The number of rotatable bonds is 6. The zero-order valence-electron chi connectivity index (χ0n) is 11.0. The molecule has 1 atom stereocenters. The summed E-state index contributed by atoms with van der Waals surface area (Å²) < 4.78 is 13.1. The molecule has 3 nitrogen and oxygen atoms in total. The van der Waals surface area contributed by atoms with E-state index < -0.39 is 0 Å². The third-order valence-electron chi connectivity index (χ3n) is 2.81. The molecule has 1 aromatic rings. The van der Waals surface area contributed by atoms with Crippen LogP contribution in [0.1, 0.15) is 32.3 Å². The number of halogens is 1. The molecule has 0 heterocycles. The van der Waals surface area contributed by atoms with Crippen LogP contribution >= 0.6 is 0 Å². The fraction of sp³-hybridized carbons (Fsp3) is 0.500. The lowest BCUT2D eigenvalue weighted by Crippen LogP contribution is -2.31. The Morgan fingerprint density at radius 3 is 2.78 bits per heavy atom. The van der Waals surface area contributed by atoms with E-state index in [1.165, 1.54) is 12.1 Å². The van der Waals surface area contributed by atoms with Gasteiger partial charge in [0.05, 0.1) is 0 Å². The Morgan fingerprint density at radius 2 is 2.22 bits per heavy atom. The van der Waals surface area contributed by atoms with Crippen LogP contribution in [-0.2, 0) is 11.3 Å². The molecule has 0 saturated carbocycles. The van der Waals surface area contributed by atoms with E-state index in [1.54, 1.807) is 11.0 Å². The summed E-state index contributed by atoms with van der Waals surface area (Å²) in [6.45, 7) is 4.87. The molecule has 1 rings (SSSR count). The largest absolute Gasteiger partial charge is 0.339 e. The number of nitrogens with two attached hydrogens (primary N) is 1. The minimum atomic E-state index is -0.272. The molecule has 0 spiro atoms. The Hall–Kier alpha value is -1.42. The lowest BCUT2D eigenvalue weighted by Gasteiger charge is -2.21. The summed E-state index contributed by atoms with van der Waals surface area (Å²) in [7, 11) is 0. The van der Waals surface area contributed by atoms with Crippen molar-refractivity contribution in [2.24, 2.45) is 5.73 Å². The van der Waals surface area contributed by atoms with Gasteiger partial charge in [0.15, 0.2) is 0 Å². The molecule has 1 unspecified atom stereocenters. The van der Waals surface area contributed by atoms with Crippen LogP contribution in [0.3, 0.4) is 0 Å². The van der Waals surface area contributed by atoms with E-state index in [0.29, 0.717) is 25.9 Å². The minimum Gasteiger partial charge on any atom is -0.339 e. The molecule has 0 fully saturated rings. The Kier molecular flexibility index (Phi) is 5.78. The number of amides is 1. The molecule has 1 aromatic carbocycles. The van der Waals surface area contributed by atoms with Gasteiger partial charge in [0.2, 0.25) is 5.91 Å². The number of benzene rings is 1. The lowest BCUT2D eigenvalue weighted by molar-refractivity contribution is -0.131. The summed E-state index contributed by atoms with van der Waals surface area (Å²) >= 11 is 0. The average molecular weight is 252 g/mol. The first-order chi connectivity index (χ1) is 8.52. The Balaban J connectivity index is 2.58. The van der Waals surface area contributed by atoms with Crippen LogP contribution in [0.5, 0.6) is 0 Å². The molecule has 0 aliphatic carbocycles. The highest BCUT2D eigenvalue weighted by atomic mass is 19.1. The zero-order valence-corrected chi connectivity index (χ0v) is 11.0. The van der Waals surface area contributed by atoms with Crippen molar-refractivity contribution in [1.29, 1.82) is 0 Å². The standard InChI is InChI=1S/C14H21FN2O/c1-3-17(14(18)8-7-11(2)16)10-12-5-4-6-13(15)9-12/h4-6,9,11H,3,7-8,10,16H2,1-2H3. The Bertz CT molecular complexity index is 393. The van der Waals surface area contributed by atoms with Crippen molar-refractivity contribution in [2.45, 2.75) is 39.3 Å². The fourth-order valence-electron chi connectivity index (χ4n) is 1.74. The van der Waals surface area contributed by atoms with E-state index in [-0.39, 0.29) is 17.8 Å². The first kappa shape index (κ1) is 14.6. The van der Waals surface area contributed by atoms with E-state index >= 15 is 0 Å². The van der Waals surface area contributed by atoms with E-state index in [2.05, 4.69) is 0 Å². The van der Waals surface area contributed by atoms with Gasteiger partial charge in [-0.1, -0.05) is 12.1 Å². The maximum absolute atomic E-state index is 13.1. The van der Waals surface area contributed by atoms with Gasteiger partial charge in [-0.3, -0.25) is 4.79 Å². The number of carbonyl (C=O) groups excluding carboxylic acids is 1. The molecule has 0 aliphatic heterocycles. The van der Waals surface area contributed by atoms with Crippen LogP contribution in [0.4, 0.5) is 4.39 Å². The molecule has 0 saturated heterocycles. The Labute approximate surface area is 108 Å². The minimum absolute atomic E-state index is 0.0295. The maximum atomic E-state index is 13.1. The molecule has 18 heavy (non-hydrogen) atoms. The number of nitrogens with zero attached hydrogens (tertiary/aromatic N) is 1. The van der Waals surface area contributed by atoms with E-state index in [9.17, 15) is 9.18 Å². The monoisotopic (exact) mass is 252 g/mol. The molecular weight excluding hydrogens is 231 g/mol. The second-order valence-electron chi connectivity index (χ2n) is 4.55. The van der Waals surface area contributed by atoms with Crippen LogP contribution in [-0.4, -0.2) is 23.4 Å². The molecule has 0 aromatic heterocycles. The molecular formula is C14H21FN2O. The zero-order chi connectivity index (χ0) is 13.5. The van der Waals surface area contributed by atoms with E-state index in [1.807, 2.05) is 19.9 Å². The van der Waals surface area contributed by atoms with Crippen LogP contribution < -0.4 is 5.73 Å². The highest BCUT2D eigenvalue weighted by molar-refractivity contribution is 5.76. The highest BCUT2D eigenvalue weighted by Gasteiger charge is 2.12. The molecule has 0 aliphatic rings. The van der Waals surface area contributed by atoms with E-state index in [0.717, 1.165) is 5.56 Å². The molecule has 0 bridgehead atoms. The summed E-state index contributed by atoms with van der Waals surface area (Å²) in [6.07, 6.45) is 1.12. The van der Waals surface area contributed by atoms with Crippen molar-refractivity contribution >= 4 is 5.91 Å². The summed E-state index contributed by atoms with van der Waals surface area (Å²) in [5, 5.41) is 0. The van der Waals surface area contributed by atoms with Crippen molar-refractivity contribution in [1.82, 2.24) is 4.90 Å². The maximum Gasteiger partial charge on any atom is 0.222 e. The van der Waals surface area contributed by atoms with Gasteiger partial charge in [0, 0.05) is 25.6 Å². The molecule has 2 N–H and O–H groups in total. The molecule has 4 heteroatoms. The summed E-state index contributed by atoms with van der Waals surface area (Å²) in [6, 6.07) is 6.37. The number of hydrogen-bond donors (Lipinski definition) is 1. The van der Waals surface area contributed by atoms with Gasteiger partial charge in [-0.15, -0.1) is 0 Å². The van der Waals surface area contributed by atoms with Gasteiger partial charge in [-0.05, 0) is 38.0 Å². The number of hydrogen-bond acceptors (Lipinski definition) is 2. The third kappa shape index (κ3) is 4.84. The molecule has 100 valence electrons. The van der Waals surface area contributed by atoms with Gasteiger partial charge >= 0.3 is 0 Å². The quantitative estimate of drug-likeness (QED) is 0.844. The SMILES string of the molecule is CCN(Cc1cccc(F)c1)C(=O)CCC(C)N. The van der Waals surface area contributed by atoms with Gasteiger partial charge in [-0.25, -0.2) is 4.39 Å². The highest BCUT2D eigenvalue weighted by Crippen LogP contribution is 2.09.